The molecule has 1 aliphatic rings. The minimum atomic E-state index is -0.242. The summed E-state index contributed by atoms with van der Waals surface area (Å²) in [6.45, 7) is 0.842. The smallest absolute Gasteiger partial charge is 0.313 e. The van der Waals surface area contributed by atoms with Gasteiger partial charge < -0.3 is 10.0 Å². The summed E-state index contributed by atoms with van der Waals surface area (Å²) < 4.78 is 0. The second-order valence-corrected chi connectivity index (χ2v) is 6.81. The molecule has 0 radical (unpaired) electrons. The predicted molar refractivity (Wildman–Crippen MR) is 104 cm³/mol. The van der Waals surface area contributed by atoms with Crippen molar-refractivity contribution in [3.63, 3.8) is 0 Å². The molecular formula is C20H14ClN5O. The van der Waals surface area contributed by atoms with Crippen molar-refractivity contribution in [3.05, 3.63) is 65.7 Å². The predicted octanol–water partition coefficient (Wildman–Crippen LogP) is 4.14. The number of benzene rings is 2. The van der Waals surface area contributed by atoms with Crippen molar-refractivity contribution in [3.8, 4) is 17.1 Å². The molecule has 0 amide bonds. The summed E-state index contributed by atoms with van der Waals surface area (Å²) in [7, 11) is 0. The monoisotopic (exact) mass is 375 g/mol. The van der Waals surface area contributed by atoms with E-state index in [1.54, 1.807) is 18.7 Å². The van der Waals surface area contributed by atoms with Crippen LogP contribution in [0.3, 0.4) is 0 Å². The minimum absolute atomic E-state index is 0.242. The molecule has 0 aliphatic carbocycles. The van der Waals surface area contributed by atoms with Gasteiger partial charge in [-0.3, -0.25) is 0 Å². The first-order chi connectivity index (χ1) is 13.2. The summed E-state index contributed by atoms with van der Waals surface area (Å²) in [6, 6.07) is 11.7. The third-order valence-electron chi connectivity index (χ3n) is 4.78. The van der Waals surface area contributed by atoms with Gasteiger partial charge in [0.1, 0.15) is 12.1 Å². The first-order valence-electron chi connectivity index (χ1n) is 8.51. The Morgan fingerprint density at radius 2 is 1.78 bits per heavy atom. The van der Waals surface area contributed by atoms with Crippen LogP contribution in [0.2, 0.25) is 5.02 Å². The zero-order valence-corrected chi connectivity index (χ0v) is 14.9. The molecule has 1 N–H and O–H groups in total. The van der Waals surface area contributed by atoms with Gasteiger partial charge in [0.05, 0.1) is 5.52 Å². The fourth-order valence-corrected chi connectivity index (χ4v) is 3.65. The molecule has 0 fully saturated rings. The van der Waals surface area contributed by atoms with Gasteiger partial charge in [0, 0.05) is 40.6 Å². The minimum Gasteiger partial charge on any atom is -0.479 e. The van der Waals surface area contributed by atoms with Crippen molar-refractivity contribution in [2.45, 2.75) is 6.42 Å². The van der Waals surface area contributed by atoms with E-state index >= 15 is 0 Å². The molecule has 0 unspecified atom stereocenters. The molecule has 0 atom stereocenters. The molecule has 5 rings (SSSR count). The molecule has 3 heterocycles. The fraction of sp³-hybridized carbons (Fsp3) is 0.100. The zero-order valence-electron chi connectivity index (χ0n) is 14.2. The Morgan fingerprint density at radius 3 is 2.63 bits per heavy atom. The number of fused-ring (bicyclic) bond motifs is 2. The van der Waals surface area contributed by atoms with E-state index in [9.17, 15) is 5.11 Å². The number of hydrogen-bond donors (Lipinski definition) is 1. The van der Waals surface area contributed by atoms with Crippen molar-refractivity contribution < 1.29 is 5.11 Å². The molecule has 7 heteroatoms. The largest absolute Gasteiger partial charge is 0.479 e. The van der Waals surface area contributed by atoms with Gasteiger partial charge in [0.2, 0.25) is 0 Å². The van der Waals surface area contributed by atoms with Crippen molar-refractivity contribution in [2.75, 3.05) is 11.4 Å². The van der Waals surface area contributed by atoms with Gasteiger partial charge in [0.25, 0.3) is 0 Å². The fourth-order valence-electron chi connectivity index (χ4n) is 3.48. The van der Waals surface area contributed by atoms with Crippen LogP contribution in [-0.2, 0) is 6.42 Å². The van der Waals surface area contributed by atoms with Crippen molar-refractivity contribution in [1.29, 1.82) is 0 Å². The van der Waals surface area contributed by atoms with Gasteiger partial charge in [0.15, 0.2) is 0 Å². The summed E-state index contributed by atoms with van der Waals surface area (Å²) in [5.74, 6) is 0.850. The van der Waals surface area contributed by atoms with Crippen LogP contribution in [0, 0.1) is 0 Å². The van der Waals surface area contributed by atoms with Crippen LogP contribution in [0.5, 0.6) is 6.01 Å². The van der Waals surface area contributed by atoms with E-state index in [2.05, 4.69) is 30.9 Å². The molecule has 0 spiro atoms. The maximum absolute atomic E-state index is 9.32. The standard InChI is InChI=1S/C20H14ClN5O/c21-15-3-1-12-5-6-26(18(12)8-15)19-16-7-13(2-4-17(16)24-11-25-19)14-9-22-20(27)23-10-14/h1-4,7-11H,5-6H2,(H,22,23,27). The second kappa shape index (κ2) is 6.17. The van der Waals surface area contributed by atoms with Crippen LogP contribution in [0.1, 0.15) is 5.56 Å². The Labute approximate surface area is 160 Å². The lowest BCUT2D eigenvalue weighted by Crippen LogP contribution is -2.15. The highest BCUT2D eigenvalue weighted by atomic mass is 35.5. The van der Waals surface area contributed by atoms with E-state index < -0.39 is 0 Å². The Bertz CT molecular complexity index is 1160. The Hall–Kier alpha value is -3.25. The lowest BCUT2D eigenvalue weighted by Gasteiger charge is -2.20. The average molecular weight is 376 g/mol. The molecule has 0 saturated carbocycles. The number of aromatic hydroxyl groups is 1. The summed E-state index contributed by atoms with van der Waals surface area (Å²) >= 11 is 6.22. The third-order valence-corrected chi connectivity index (χ3v) is 5.02. The molecule has 4 aromatic rings. The number of nitrogens with zero attached hydrogens (tertiary/aromatic N) is 5. The van der Waals surface area contributed by atoms with Gasteiger partial charge in [-0.25, -0.2) is 19.9 Å². The molecular weight excluding hydrogens is 362 g/mol. The molecule has 2 aromatic heterocycles. The number of rotatable bonds is 2. The molecule has 27 heavy (non-hydrogen) atoms. The van der Waals surface area contributed by atoms with Crippen LogP contribution >= 0.6 is 11.6 Å². The highest BCUT2D eigenvalue weighted by Crippen LogP contribution is 2.38. The van der Waals surface area contributed by atoms with Crippen LogP contribution in [0.15, 0.2) is 55.1 Å². The summed E-state index contributed by atoms with van der Waals surface area (Å²) in [6.07, 6.45) is 5.73. The normalized spacial score (nSPS) is 13.1. The maximum Gasteiger partial charge on any atom is 0.313 e. The Kier molecular flexibility index (Phi) is 3.65. The van der Waals surface area contributed by atoms with Gasteiger partial charge >= 0.3 is 6.01 Å². The van der Waals surface area contributed by atoms with Gasteiger partial charge in [-0.1, -0.05) is 23.7 Å². The van der Waals surface area contributed by atoms with Crippen LogP contribution in [-0.4, -0.2) is 31.6 Å². The van der Waals surface area contributed by atoms with E-state index in [1.807, 2.05) is 30.3 Å². The van der Waals surface area contributed by atoms with E-state index in [1.165, 1.54) is 5.56 Å². The molecule has 0 saturated heterocycles. The van der Waals surface area contributed by atoms with Crippen molar-refractivity contribution in [2.24, 2.45) is 0 Å². The van der Waals surface area contributed by atoms with Gasteiger partial charge in [-0.2, -0.15) is 0 Å². The number of anilines is 2. The summed E-state index contributed by atoms with van der Waals surface area (Å²) in [5.41, 5.74) is 4.95. The number of hydrogen-bond acceptors (Lipinski definition) is 6. The average Bonchev–Trinajstić information content (AvgIpc) is 3.10. The topological polar surface area (TPSA) is 75.0 Å². The highest BCUT2D eigenvalue weighted by molar-refractivity contribution is 6.31. The number of halogens is 1. The molecule has 6 nitrogen and oxygen atoms in total. The van der Waals surface area contributed by atoms with Crippen molar-refractivity contribution >= 4 is 34.0 Å². The molecule has 0 bridgehead atoms. The lowest BCUT2D eigenvalue weighted by molar-refractivity contribution is 0.430. The van der Waals surface area contributed by atoms with Crippen LogP contribution in [0.4, 0.5) is 11.5 Å². The van der Waals surface area contributed by atoms with E-state index in [0.29, 0.717) is 5.02 Å². The second-order valence-electron chi connectivity index (χ2n) is 6.38. The van der Waals surface area contributed by atoms with Crippen LogP contribution in [0.25, 0.3) is 22.0 Å². The third kappa shape index (κ3) is 2.74. The summed E-state index contributed by atoms with van der Waals surface area (Å²) in [5, 5.41) is 11.0. The maximum atomic E-state index is 9.32. The molecule has 2 aromatic carbocycles. The number of aromatic nitrogens is 4. The zero-order chi connectivity index (χ0) is 18.4. The van der Waals surface area contributed by atoms with E-state index in [0.717, 1.165) is 46.5 Å². The lowest BCUT2D eigenvalue weighted by atomic mass is 10.1. The quantitative estimate of drug-likeness (QED) is 0.567. The first kappa shape index (κ1) is 16.0. The van der Waals surface area contributed by atoms with E-state index in [4.69, 9.17) is 11.6 Å². The Morgan fingerprint density at radius 1 is 0.926 bits per heavy atom. The molecule has 132 valence electrons. The summed E-state index contributed by atoms with van der Waals surface area (Å²) in [4.78, 5) is 18.9. The highest BCUT2D eigenvalue weighted by Gasteiger charge is 2.23. The molecule has 1 aliphatic heterocycles. The Balaban J connectivity index is 1.67. The van der Waals surface area contributed by atoms with Crippen LogP contribution < -0.4 is 4.90 Å². The first-order valence-corrected chi connectivity index (χ1v) is 8.89. The van der Waals surface area contributed by atoms with Gasteiger partial charge in [-0.15, -0.1) is 0 Å². The van der Waals surface area contributed by atoms with Gasteiger partial charge in [-0.05, 0) is 41.8 Å². The van der Waals surface area contributed by atoms with E-state index in [-0.39, 0.29) is 6.01 Å². The van der Waals surface area contributed by atoms with Crippen molar-refractivity contribution in [1.82, 2.24) is 19.9 Å². The SMILES string of the molecule is Oc1ncc(-c2ccc3ncnc(N4CCc5ccc(Cl)cc54)c3c2)cn1.